The number of aliphatic hydroxyl groups is 1. The van der Waals surface area contributed by atoms with E-state index < -0.39 is 0 Å². The maximum absolute atomic E-state index is 13.0. The average molecular weight is 445 g/mol. The second kappa shape index (κ2) is 9.97. The lowest BCUT2D eigenvalue weighted by Gasteiger charge is -2.41. The molecule has 1 fully saturated rings. The molecule has 0 spiro atoms. The zero-order chi connectivity index (χ0) is 21.7. The standard InChI is InChI=1S/C23H32N4O3S/c24-22-25-15-20(31-22)21(29)27-10-4-3-7-23(17-28)8-11-26(12-9-23)16-18-5-1-2-6-19(18)30-14-13-27/h1-2,5-6,15,28H,3-4,7-14,16-17H2,(H2,24,25). The van der Waals surface area contributed by atoms with Gasteiger partial charge in [0.1, 0.15) is 17.2 Å². The Balaban J connectivity index is 1.53. The van der Waals surface area contributed by atoms with Gasteiger partial charge in [0.05, 0.1) is 12.7 Å². The van der Waals surface area contributed by atoms with Crippen molar-refractivity contribution in [3.8, 4) is 5.75 Å². The average Bonchev–Trinajstić information content (AvgIpc) is 3.22. The topological polar surface area (TPSA) is 91.9 Å². The van der Waals surface area contributed by atoms with E-state index in [0.717, 1.165) is 57.5 Å². The van der Waals surface area contributed by atoms with Crippen LogP contribution >= 0.6 is 11.3 Å². The fraction of sp³-hybridized carbons (Fsp3) is 0.565. The molecule has 4 heterocycles. The molecule has 3 N–H and O–H groups in total. The summed E-state index contributed by atoms with van der Waals surface area (Å²) in [4.78, 5) is 21.9. The van der Waals surface area contributed by atoms with E-state index in [-0.39, 0.29) is 17.9 Å². The van der Waals surface area contributed by atoms with E-state index in [1.807, 2.05) is 23.1 Å². The van der Waals surface area contributed by atoms with Crippen LogP contribution in [-0.4, -0.2) is 65.2 Å². The summed E-state index contributed by atoms with van der Waals surface area (Å²) in [5, 5.41) is 10.6. The van der Waals surface area contributed by atoms with E-state index in [1.54, 1.807) is 6.20 Å². The second-order valence-electron chi connectivity index (χ2n) is 8.70. The molecular weight excluding hydrogens is 412 g/mol. The van der Waals surface area contributed by atoms with Crippen LogP contribution in [0.1, 0.15) is 47.3 Å². The minimum atomic E-state index is -0.0423. The first kappa shape index (κ1) is 22.0. The van der Waals surface area contributed by atoms with Gasteiger partial charge < -0.3 is 20.5 Å². The molecule has 1 saturated heterocycles. The number of hydrogen-bond donors (Lipinski definition) is 2. The largest absolute Gasteiger partial charge is 0.491 e. The molecule has 0 radical (unpaired) electrons. The highest BCUT2D eigenvalue weighted by Crippen LogP contribution is 2.37. The van der Waals surface area contributed by atoms with Crippen molar-refractivity contribution in [3.05, 3.63) is 40.9 Å². The number of anilines is 1. The van der Waals surface area contributed by atoms with E-state index in [2.05, 4.69) is 16.0 Å². The van der Waals surface area contributed by atoms with Crippen molar-refractivity contribution in [1.82, 2.24) is 14.8 Å². The Kier molecular flexibility index (Phi) is 7.09. The molecule has 2 aromatic rings. The quantitative estimate of drug-likeness (QED) is 0.740. The minimum Gasteiger partial charge on any atom is -0.491 e. The lowest BCUT2D eigenvalue weighted by molar-refractivity contribution is 0.0319. The number of nitrogen functional groups attached to an aromatic ring is 1. The Bertz CT molecular complexity index is 879. The van der Waals surface area contributed by atoms with Gasteiger partial charge in [-0.1, -0.05) is 36.0 Å². The number of carbonyl (C=O) groups is 1. The Hall–Kier alpha value is -2.16. The van der Waals surface area contributed by atoms with Crippen LogP contribution < -0.4 is 10.5 Å². The van der Waals surface area contributed by atoms with Crippen LogP contribution in [0.4, 0.5) is 5.13 Å². The fourth-order valence-electron chi connectivity index (χ4n) is 4.61. The van der Waals surface area contributed by atoms with Gasteiger partial charge in [0.15, 0.2) is 5.13 Å². The number of hydrogen-bond acceptors (Lipinski definition) is 7. The number of fused-ring (bicyclic) bond motifs is 9. The first-order valence-corrected chi connectivity index (χ1v) is 11.9. The van der Waals surface area contributed by atoms with E-state index in [1.165, 1.54) is 16.9 Å². The van der Waals surface area contributed by atoms with Crippen LogP contribution in [0.15, 0.2) is 30.5 Å². The van der Waals surface area contributed by atoms with Gasteiger partial charge in [-0.2, -0.15) is 0 Å². The highest BCUT2D eigenvalue weighted by Gasteiger charge is 2.34. The summed E-state index contributed by atoms with van der Waals surface area (Å²) in [6.07, 6.45) is 6.48. The molecule has 3 aliphatic heterocycles. The number of aliphatic hydroxyl groups excluding tert-OH is 1. The minimum absolute atomic E-state index is 0.00760. The van der Waals surface area contributed by atoms with Crippen molar-refractivity contribution in [2.24, 2.45) is 5.41 Å². The lowest BCUT2D eigenvalue weighted by Crippen LogP contribution is -2.41. The lowest BCUT2D eigenvalue weighted by atomic mass is 9.75. The normalized spacial score (nSPS) is 25.2. The van der Waals surface area contributed by atoms with Crippen molar-refractivity contribution in [2.45, 2.75) is 38.6 Å². The number of piperidine rings is 1. The SMILES string of the molecule is Nc1ncc(C(=O)N2CCCCC3(CO)CCN(CC3)Cc3ccccc3OCC2)s1. The van der Waals surface area contributed by atoms with Crippen LogP contribution in [0.2, 0.25) is 0 Å². The van der Waals surface area contributed by atoms with Gasteiger partial charge in [0.25, 0.3) is 5.91 Å². The number of aromatic nitrogens is 1. The molecule has 31 heavy (non-hydrogen) atoms. The highest BCUT2D eigenvalue weighted by molar-refractivity contribution is 7.17. The monoisotopic (exact) mass is 444 g/mol. The van der Waals surface area contributed by atoms with E-state index >= 15 is 0 Å². The molecule has 2 bridgehead atoms. The number of para-hydroxylation sites is 1. The first-order valence-electron chi connectivity index (χ1n) is 11.1. The maximum atomic E-state index is 13.0. The Morgan fingerprint density at radius 2 is 1.97 bits per heavy atom. The summed E-state index contributed by atoms with van der Waals surface area (Å²) >= 11 is 1.22. The fourth-order valence-corrected chi connectivity index (χ4v) is 5.27. The van der Waals surface area contributed by atoms with Crippen LogP contribution in [0, 0.1) is 5.41 Å². The molecule has 8 heteroatoms. The van der Waals surface area contributed by atoms with Gasteiger partial charge in [-0.25, -0.2) is 4.98 Å². The van der Waals surface area contributed by atoms with Crippen molar-refractivity contribution < 1.29 is 14.6 Å². The number of nitrogens with two attached hydrogens (primary N) is 1. The molecule has 3 aliphatic rings. The van der Waals surface area contributed by atoms with Crippen LogP contribution in [-0.2, 0) is 6.54 Å². The summed E-state index contributed by atoms with van der Waals surface area (Å²) < 4.78 is 6.13. The summed E-state index contributed by atoms with van der Waals surface area (Å²) in [6.45, 7) is 4.69. The van der Waals surface area contributed by atoms with Crippen molar-refractivity contribution in [1.29, 1.82) is 0 Å². The van der Waals surface area contributed by atoms with Crippen molar-refractivity contribution in [2.75, 3.05) is 45.1 Å². The number of thiazole rings is 1. The molecule has 0 atom stereocenters. The molecular formula is C23H32N4O3S. The molecule has 1 aromatic carbocycles. The third-order valence-electron chi connectivity index (χ3n) is 6.64. The smallest absolute Gasteiger partial charge is 0.265 e. The Morgan fingerprint density at radius 3 is 2.71 bits per heavy atom. The van der Waals surface area contributed by atoms with Crippen LogP contribution in [0.25, 0.3) is 0 Å². The molecule has 5 rings (SSSR count). The molecule has 0 aliphatic carbocycles. The zero-order valence-electron chi connectivity index (χ0n) is 18.0. The number of carbonyl (C=O) groups excluding carboxylic acids is 1. The van der Waals surface area contributed by atoms with E-state index in [4.69, 9.17) is 10.5 Å². The van der Waals surface area contributed by atoms with Crippen LogP contribution in [0.5, 0.6) is 5.75 Å². The molecule has 1 amide bonds. The van der Waals surface area contributed by atoms with Crippen molar-refractivity contribution in [3.63, 3.8) is 0 Å². The molecule has 7 nitrogen and oxygen atoms in total. The zero-order valence-corrected chi connectivity index (χ0v) is 18.8. The van der Waals surface area contributed by atoms with Gasteiger partial charge >= 0.3 is 0 Å². The Morgan fingerprint density at radius 1 is 1.16 bits per heavy atom. The summed E-state index contributed by atoms with van der Waals surface area (Å²) in [5.74, 6) is 0.838. The molecule has 168 valence electrons. The predicted octanol–water partition coefficient (Wildman–Crippen LogP) is 3.00. The number of benzene rings is 1. The molecule has 0 unspecified atom stereocenters. The highest BCUT2D eigenvalue weighted by atomic mass is 32.1. The number of amides is 1. The third kappa shape index (κ3) is 5.37. The molecule has 1 aromatic heterocycles. The van der Waals surface area contributed by atoms with Crippen molar-refractivity contribution >= 4 is 22.4 Å². The Labute approximate surface area is 187 Å². The maximum Gasteiger partial charge on any atom is 0.265 e. The summed E-state index contributed by atoms with van der Waals surface area (Å²) in [6, 6.07) is 8.15. The summed E-state index contributed by atoms with van der Waals surface area (Å²) in [5.41, 5.74) is 6.91. The van der Waals surface area contributed by atoms with Gasteiger partial charge in [-0.05, 0) is 50.3 Å². The van der Waals surface area contributed by atoms with E-state index in [0.29, 0.717) is 29.7 Å². The number of rotatable bonds is 2. The van der Waals surface area contributed by atoms with Crippen LogP contribution in [0.3, 0.4) is 0 Å². The van der Waals surface area contributed by atoms with Gasteiger partial charge in [-0.3, -0.25) is 9.69 Å². The van der Waals surface area contributed by atoms with Gasteiger partial charge in [-0.15, -0.1) is 0 Å². The van der Waals surface area contributed by atoms with Gasteiger partial charge in [0, 0.05) is 25.3 Å². The second-order valence-corrected chi connectivity index (χ2v) is 9.76. The third-order valence-corrected chi connectivity index (χ3v) is 7.46. The van der Waals surface area contributed by atoms with E-state index in [9.17, 15) is 9.90 Å². The predicted molar refractivity (Wildman–Crippen MR) is 122 cm³/mol. The summed E-state index contributed by atoms with van der Waals surface area (Å²) in [7, 11) is 0. The first-order chi connectivity index (χ1) is 15.1. The van der Waals surface area contributed by atoms with Gasteiger partial charge in [0.2, 0.25) is 0 Å². The number of nitrogens with zero attached hydrogens (tertiary/aromatic N) is 3. The molecule has 0 saturated carbocycles. The number of ether oxygens (including phenoxy) is 1.